The van der Waals surface area contributed by atoms with Gasteiger partial charge in [0.25, 0.3) is 0 Å². The molecule has 4 nitrogen and oxygen atoms in total. The van der Waals surface area contributed by atoms with Gasteiger partial charge >= 0.3 is 5.97 Å². The Labute approximate surface area is 68.2 Å². The Hall–Kier alpha value is -1.16. The number of rotatable bonds is 1. The zero-order chi connectivity index (χ0) is 8.59. The number of anilines is 1. The van der Waals surface area contributed by atoms with Crippen molar-refractivity contribution >= 4 is 23.3 Å². The second-order valence-corrected chi connectivity index (χ2v) is 2.56. The van der Waals surface area contributed by atoms with Crippen LogP contribution in [0.15, 0.2) is 6.20 Å². The Balaban J connectivity index is 3.34. The zero-order valence-corrected chi connectivity index (χ0v) is 6.59. The van der Waals surface area contributed by atoms with Gasteiger partial charge in [-0.15, -0.1) is 0 Å². The van der Waals surface area contributed by atoms with E-state index in [1.54, 1.807) is 7.05 Å². The van der Waals surface area contributed by atoms with E-state index in [9.17, 15) is 4.79 Å². The van der Waals surface area contributed by atoms with Gasteiger partial charge in [-0.3, -0.25) is 0 Å². The molecule has 0 aliphatic heterocycles. The van der Waals surface area contributed by atoms with Gasteiger partial charge in [-0.25, -0.2) is 4.79 Å². The van der Waals surface area contributed by atoms with Crippen molar-refractivity contribution in [2.45, 2.75) is 0 Å². The number of hydrogen-bond acceptors (Lipinski definition) is 2. The van der Waals surface area contributed by atoms with Crippen LogP contribution in [0.4, 0.5) is 5.69 Å². The smallest absolute Gasteiger partial charge is 0.354 e. The molecule has 0 atom stereocenters. The Morgan fingerprint density at radius 2 is 2.36 bits per heavy atom. The number of halogens is 1. The minimum Gasteiger partial charge on any atom is -0.477 e. The lowest BCUT2D eigenvalue weighted by molar-refractivity contribution is 0.0688. The van der Waals surface area contributed by atoms with Crippen molar-refractivity contribution in [1.29, 1.82) is 0 Å². The molecule has 5 heteroatoms. The summed E-state index contributed by atoms with van der Waals surface area (Å²) in [4.78, 5) is 10.5. The fraction of sp³-hybridized carbons (Fsp3) is 0.167. The molecule has 1 aromatic heterocycles. The van der Waals surface area contributed by atoms with E-state index in [-0.39, 0.29) is 16.4 Å². The van der Waals surface area contributed by atoms with Gasteiger partial charge in [-0.05, 0) is 0 Å². The summed E-state index contributed by atoms with van der Waals surface area (Å²) in [5, 5.41) is 8.87. The van der Waals surface area contributed by atoms with Crippen molar-refractivity contribution in [3.8, 4) is 0 Å². The zero-order valence-electron chi connectivity index (χ0n) is 5.84. The van der Waals surface area contributed by atoms with Gasteiger partial charge < -0.3 is 15.4 Å². The fourth-order valence-corrected chi connectivity index (χ4v) is 1.11. The minimum atomic E-state index is -1.07. The largest absolute Gasteiger partial charge is 0.477 e. The van der Waals surface area contributed by atoms with Crippen molar-refractivity contribution in [3.05, 3.63) is 16.9 Å². The third-order valence-corrected chi connectivity index (χ3v) is 1.68. The molecule has 3 N–H and O–H groups in total. The number of aromatic nitrogens is 1. The highest BCUT2D eigenvalue weighted by atomic mass is 35.5. The molecule has 60 valence electrons. The van der Waals surface area contributed by atoms with E-state index in [0.29, 0.717) is 0 Å². The monoisotopic (exact) mass is 174 g/mol. The van der Waals surface area contributed by atoms with Gasteiger partial charge in [0.2, 0.25) is 0 Å². The van der Waals surface area contributed by atoms with Gasteiger partial charge in [-0.2, -0.15) is 0 Å². The summed E-state index contributed by atoms with van der Waals surface area (Å²) in [7, 11) is 1.58. The molecule has 0 fully saturated rings. The molecular formula is C6H7ClN2O2. The number of aromatic carboxylic acids is 1. The summed E-state index contributed by atoms with van der Waals surface area (Å²) >= 11 is 5.57. The predicted molar refractivity (Wildman–Crippen MR) is 41.8 cm³/mol. The Bertz CT molecular complexity index is 306. The third-order valence-electron chi connectivity index (χ3n) is 1.37. The van der Waals surface area contributed by atoms with E-state index >= 15 is 0 Å². The summed E-state index contributed by atoms with van der Waals surface area (Å²) in [5.74, 6) is -1.07. The summed E-state index contributed by atoms with van der Waals surface area (Å²) in [6.45, 7) is 0. The molecule has 1 rings (SSSR count). The number of nitrogens with two attached hydrogens (primary N) is 1. The maximum Gasteiger partial charge on any atom is 0.354 e. The molecule has 0 aliphatic carbocycles. The molecule has 0 saturated heterocycles. The molecule has 0 aromatic carbocycles. The van der Waals surface area contributed by atoms with Crippen LogP contribution in [0.5, 0.6) is 0 Å². The second kappa shape index (κ2) is 2.47. The van der Waals surface area contributed by atoms with Crippen LogP contribution >= 0.6 is 11.6 Å². The van der Waals surface area contributed by atoms with Crippen LogP contribution in [0.1, 0.15) is 10.5 Å². The van der Waals surface area contributed by atoms with Crippen LogP contribution in [-0.2, 0) is 7.05 Å². The highest BCUT2D eigenvalue weighted by Crippen LogP contribution is 2.23. The van der Waals surface area contributed by atoms with E-state index < -0.39 is 5.97 Å². The molecule has 1 aromatic rings. The van der Waals surface area contributed by atoms with Crippen LogP contribution in [0, 0.1) is 0 Å². The number of carboxylic acids is 1. The average molecular weight is 175 g/mol. The highest BCUT2D eigenvalue weighted by molar-refractivity contribution is 6.33. The lowest BCUT2D eigenvalue weighted by Crippen LogP contribution is -2.06. The second-order valence-electron chi connectivity index (χ2n) is 2.16. The standard InChI is InChI=1S/C6H7ClN2O2/c1-9-2-3(7)4(8)5(9)6(10)11/h2H,8H2,1H3,(H,10,11). The third kappa shape index (κ3) is 1.17. The average Bonchev–Trinajstić information content (AvgIpc) is 2.07. The number of carboxylic acid groups (broad SMARTS) is 1. The Morgan fingerprint density at radius 1 is 1.82 bits per heavy atom. The van der Waals surface area contributed by atoms with E-state index in [1.165, 1.54) is 10.8 Å². The maximum atomic E-state index is 10.5. The Morgan fingerprint density at radius 3 is 2.55 bits per heavy atom. The van der Waals surface area contributed by atoms with Gasteiger partial charge in [0.1, 0.15) is 0 Å². The normalized spacial score (nSPS) is 10.0. The lowest BCUT2D eigenvalue weighted by atomic mass is 10.4. The SMILES string of the molecule is Cn1cc(Cl)c(N)c1C(=O)O. The van der Waals surface area contributed by atoms with Gasteiger partial charge in [-0.1, -0.05) is 11.6 Å². The quantitative estimate of drug-likeness (QED) is 0.666. The molecule has 0 bridgehead atoms. The van der Waals surface area contributed by atoms with E-state index in [4.69, 9.17) is 22.4 Å². The predicted octanol–water partition coefficient (Wildman–Crippen LogP) is 0.959. The van der Waals surface area contributed by atoms with Crippen molar-refractivity contribution < 1.29 is 9.90 Å². The maximum absolute atomic E-state index is 10.5. The van der Waals surface area contributed by atoms with Gasteiger partial charge in [0.05, 0.1) is 10.7 Å². The Kier molecular flexibility index (Phi) is 1.78. The molecule has 1 heterocycles. The van der Waals surface area contributed by atoms with Crippen LogP contribution in [0.25, 0.3) is 0 Å². The van der Waals surface area contributed by atoms with Crippen LogP contribution in [0.2, 0.25) is 5.02 Å². The topological polar surface area (TPSA) is 68.2 Å². The van der Waals surface area contributed by atoms with Crippen molar-refractivity contribution in [3.63, 3.8) is 0 Å². The summed E-state index contributed by atoms with van der Waals surface area (Å²) in [6, 6.07) is 0. The van der Waals surface area contributed by atoms with Crippen molar-refractivity contribution in [2.75, 3.05) is 5.73 Å². The van der Waals surface area contributed by atoms with E-state index in [1.807, 2.05) is 0 Å². The number of carbonyl (C=O) groups is 1. The highest BCUT2D eigenvalue weighted by Gasteiger charge is 2.15. The number of hydrogen-bond donors (Lipinski definition) is 2. The first-order chi connectivity index (χ1) is 5.04. The van der Waals surface area contributed by atoms with Gasteiger partial charge in [0.15, 0.2) is 5.69 Å². The molecule has 0 aliphatic rings. The van der Waals surface area contributed by atoms with Crippen LogP contribution in [0.3, 0.4) is 0 Å². The number of nitrogen functional groups attached to an aromatic ring is 1. The van der Waals surface area contributed by atoms with E-state index in [2.05, 4.69) is 0 Å². The fourth-order valence-electron chi connectivity index (χ4n) is 0.873. The summed E-state index contributed by atoms with van der Waals surface area (Å²) in [6.07, 6.45) is 1.46. The molecule has 0 spiro atoms. The van der Waals surface area contributed by atoms with Crippen molar-refractivity contribution in [1.82, 2.24) is 4.57 Å². The molecule has 0 amide bonds. The molecule has 0 unspecified atom stereocenters. The first-order valence-corrected chi connectivity index (χ1v) is 3.25. The molecule has 0 radical (unpaired) electrons. The number of nitrogens with zero attached hydrogens (tertiary/aromatic N) is 1. The summed E-state index contributed by atoms with van der Waals surface area (Å²) < 4.78 is 1.38. The van der Waals surface area contributed by atoms with Crippen LogP contribution < -0.4 is 5.73 Å². The molecule has 0 saturated carbocycles. The lowest BCUT2D eigenvalue weighted by Gasteiger charge is -1.96. The van der Waals surface area contributed by atoms with E-state index in [0.717, 1.165) is 0 Å². The first kappa shape index (κ1) is 7.94. The molecular weight excluding hydrogens is 168 g/mol. The van der Waals surface area contributed by atoms with Crippen molar-refractivity contribution in [2.24, 2.45) is 7.05 Å². The van der Waals surface area contributed by atoms with Crippen LogP contribution in [-0.4, -0.2) is 15.6 Å². The minimum absolute atomic E-state index is 0.0231. The summed E-state index contributed by atoms with van der Waals surface area (Å²) in [5.41, 5.74) is 5.51. The molecule has 11 heavy (non-hydrogen) atoms. The van der Waals surface area contributed by atoms with Gasteiger partial charge in [0, 0.05) is 13.2 Å². The first-order valence-electron chi connectivity index (χ1n) is 2.87. The number of aryl methyl sites for hydroxylation is 1.